The molecule has 1 aliphatic rings. The molecule has 1 aromatic carbocycles. The molecule has 1 N–H and O–H groups in total. The van der Waals surface area contributed by atoms with Crippen LogP contribution in [-0.4, -0.2) is 26.1 Å². The minimum atomic E-state index is -0.990. The number of carboxylic acids is 1. The molecule has 0 bridgehead atoms. The zero-order valence-corrected chi connectivity index (χ0v) is 9.95. The predicted molar refractivity (Wildman–Crippen MR) is 65.0 cm³/mol. The molecule has 1 heterocycles. The third kappa shape index (κ3) is 1.95. The number of hydrogen-bond acceptors (Lipinski definition) is 4. The SMILES string of the molecule is N#Cc1nnn(-c2cccc(C(=O)O)c2)c1C1CC1. The Morgan fingerprint density at radius 1 is 1.47 bits per heavy atom. The number of benzene rings is 1. The molecule has 0 radical (unpaired) electrons. The maximum absolute atomic E-state index is 11.0. The van der Waals surface area contributed by atoms with Crippen LogP contribution in [-0.2, 0) is 0 Å². The van der Waals surface area contributed by atoms with Crippen LogP contribution in [0.25, 0.3) is 5.69 Å². The van der Waals surface area contributed by atoms with Crippen molar-refractivity contribution in [3.8, 4) is 11.8 Å². The number of nitrogens with zero attached hydrogens (tertiary/aromatic N) is 4. The fraction of sp³-hybridized carbons (Fsp3) is 0.231. The van der Waals surface area contributed by atoms with Crippen molar-refractivity contribution in [3.63, 3.8) is 0 Å². The van der Waals surface area contributed by atoms with E-state index in [2.05, 4.69) is 10.3 Å². The van der Waals surface area contributed by atoms with Gasteiger partial charge in [0.05, 0.1) is 16.9 Å². The van der Waals surface area contributed by atoms with Crippen molar-refractivity contribution in [3.05, 3.63) is 41.2 Å². The van der Waals surface area contributed by atoms with Crippen LogP contribution in [0.3, 0.4) is 0 Å². The lowest BCUT2D eigenvalue weighted by Crippen LogP contribution is -2.04. The van der Waals surface area contributed by atoms with Gasteiger partial charge >= 0.3 is 5.97 Å². The average molecular weight is 254 g/mol. The number of carbonyl (C=O) groups is 1. The summed E-state index contributed by atoms with van der Waals surface area (Å²) in [5.41, 5.74) is 1.91. The van der Waals surface area contributed by atoms with E-state index in [0.29, 0.717) is 17.3 Å². The number of nitriles is 1. The Hall–Kier alpha value is -2.68. The maximum Gasteiger partial charge on any atom is 0.335 e. The predicted octanol–water partition coefficient (Wildman–Crippen LogP) is 1.71. The van der Waals surface area contributed by atoms with E-state index in [9.17, 15) is 4.79 Å². The Morgan fingerprint density at radius 2 is 2.26 bits per heavy atom. The van der Waals surface area contributed by atoms with E-state index in [0.717, 1.165) is 18.5 Å². The standard InChI is InChI=1S/C13H10N4O2/c14-7-11-12(8-4-5-8)17(16-15-11)10-3-1-2-9(6-10)13(18)19/h1-3,6,8H,4-5H2,(H,18,19). The lowest BCUT2D eigenvalue weighted by molar-refractivity contribution is 0.0697. The summed E-state index contributed by atoms with van der Waals surface area (Å²) < 4.78 is 1.57. The molecule has 6 nitrogen and oxygen atoms in total. The molecule has 0 saturated heterocycles. The van der Waals surface area contributed by atoms with Gasteiger partial charge in [-0.05, 0) is 31.0 Å². The first-order valence-electron chi connectivity index (χ1n) is 5.90. The Balaban J connectivity index is 2.12. The van der Waals surface area contributed by atoms with Gasteiger partial charge in [-0.3, -0.25) is 0 Å². The molecule has 0 aliphatic heterocycles. The van der Waals surface area contributed by atoms with E-state index in [1.54, 1.807) is 16.8 Å². The lowest BCUT2D eigenvalue weighted by Gasteiger charge is -2.06. The van der Waals surface area contributed by atoms with Crippen molar-refractivity contribution in [2.24, 2.45) is 0 Å². The average Bonchev–Trinajstić information content (AvgIpc) is 3.17. The highest BCUT2D eigenvalue weighted by Gasteiger charge is 2.32. The van der Waals surface area contributed by atoms with E-state index in [-0.39, 0.29) is 5.56 Å². The normalized spacial score (nSPS) is 14.1. The summed E-state index contributed by atoms with van der Waals surface area (Å²) in [5.74, 6) is -0.687. The van der Waals surface area contributed by atoms with Gasteiger partial charge in [0.1, 0.15) is 6.07 Å². The molecular weight excluding hydrogens is 244 g/mol. The Labute approximate surface area is 108 Å². The highest BCUT2D eigenvalue weighted by Crippen LogP contribution is 2.41. The van der Waals surface area contributed by atoms with E-state index < -0.39 is 5.97 Å². The van der Waals surface area contributed by atoms with Gasteiger partial charge in [0.2, 0.25) is 0 Å². The quantitative estimate of drug-likeness (QED) is 0.900. The Morgan fingerprint density at radius 3 is 2.89 bits per heavy atom. The summed E-state index contributed by atoms with van der Waals surface area (Å²) in [4.78, 5) is 11.0. The van der Waals surface area contributed by atoms with Gasteiger partial charge in [-0.1, -0.05) is 11.3 Å². The van der Waals surface area contributed by atoms with Crippen molar-refractivity contribution in [2.75, 3.05) is 0 Å². The molecule has 6 heteroatoms. The summed E-state index contributed by atoms with van der Waals surface area (Å²) in [6.07, 6.45) is 2.03. The molecule has 1 aromatic heterocycles. The molecule has 0 unspecified atom stereocenters. The van der Waals surface area contributed by atoms with Crippen LogP contribution in [0.15, 0.2) is 24.3 Å². The molecule has 0 amide bonds. The molecule has 3 rings (SSSR count). The molecule has 0 spiro atoms. The first kappa shape index (κ1) is 11.4. The number of aromatic nitrogens is 3. The Kier molecular flexibility index (Phi) is 2.53. The molecular formula is C13H10N4O2. The van der Waals surface area contributed by atoms with Gasteiger partial charge in [-0.15, -0.1) is 5.10 Å². The molecule has 1 aliphatic carbocycles. The first-order chi connectivity index (χ1) is 9.20. The number of rotatable bonds is 3. The van der Waals surface area contributed by atoms with Gasteiger partial charge in [0.25, 0.3) is 0 Å². The second-order valence-electron chi connectivity index (χ2n) is 4.48. The van der Waals surface area contributed by atoms with Gasteiger partial charge in [0, 0.05) is 5.92 Å². The summed E-state index contributed by atoms with van der Waals surface area (Å²) in [6.45, 7) is 0. The smallest absolute Gasteiger partial charge is 0.335 e. The monoisotopic (exact) mass is 254 g/mol. The van der Waals surface area contributed by atoms with Gasteiger partial charge < -0.3 is 5.11 Å². The molecule has 94 valence electrons. The van der Waals surface area contributed by atoms with Crippen LogP contribution in [0.1, 0.15) is 40.5 Å². The number of hydrogen-bond donors (Lipinski definition) is 1. The van der Waals surface area contributed by atoms with E-state index in [4.69, 9.17) is 10.4 Å². The third-order valence-corrected chi connectivity index (χ3v) is 3.11. The third-order valence-electron chi connectivity index (χ3n) is 3.11. The van der Waals surface area contributed by atoms with Gasteiger partial charge in [-0.25, -0.2) is 9.48 Å². The second-order valence-corrected chi connectivity index (χ2v) is 4.48. The van der Waals surface area contributed by atoms with Crippen molar-refractivity contribution < 1.29 is 9.90 Å². The highest BCUT2D eigenvalue weighted by atomic mass is 16.4. The fourth-order valence-corrected chi connectivity index (χ4v) is 2.05. The molecule has 19 heavy (non-hydrogen) atoms. The van der Waals surface area contributed by atoms with E-state index in [1.807, 2.05) is 6.07 Å². The maximum atomic E-state index is 11.0. The zero-order valence-electron chi connectivity index (χ0n) is 9.95. The molecule has 0 atom stereocenters. The van der Waals surface area contributed by atoms with E-state index in [1.165, 1.54) is 12.1 Å². The summed E-state index contributed by atoms with van der Waals surface area (Å²) in [7, 11) is 0. The molecule has 1 saturated carbocycles. The molecule has 1 fully saturated rings. The van der Waals surface area contributed by atoms with Crippen molar-refractivity contribution in [1.82, 2.24) is 15.0 Å². The van der Waals surface area contributed by atoms with Gasteiger partial charge in [0.15, 0.2) is 5.69 Å². The number of carboxylic acid groups (broad SMARTS) is 1. The minimum Gasteiger partial charge on any atom is -0.478 e. The van der Waals surface area contributed by atoms with Crippen LogP contribution in [0, 0.1) is 11.3 Å². The second kappa shape index (κ2) is 4.21. The van der Waals surface area contributed by atoms with Gasteiger partial charge in [-0.2, -0.15) is 5.26 Å². The number of aromatic carboxylic acids is 1. The fourth-order valence-electron chi connectivity index (χ4n) is 2.05. The summed E-state index contributed by atoms with van der Waals surface area (Å²) >= 11 is 0. The largest absolute Gasteiger partial charge is 0.478 e. The van der Waals surface area contributed by atoms with Crippen LogP contribution in [0.2, 0.25) is 0 Å². The lowest BCUT2D eigenvalue weighted by atomic mass is 10.2. The Bertz CT molecular complexity index is 695. The van der Waals surface area contributed by atoms with Crippen molar-refractivity contribution >= 4 is 5.97 Å². The van der Waals surface area contributed by atoms with Crippen LogP contribution < -0.4 is 0 Å². The summed E-state index contributed by atoms with van der Waals surface area (Å²) in [5, 5.41) is 25.9. The van der Waals surface area contributed by atoms with Crippen molar-refractivity contribution in [2.45, 2.75) is 18.8 Å². The van der Waals surface area contributed by atoms with Crippen LogP contribution in [0.5, 0.6) is 0 Å². The van der Waals surface area contributed by atoms with Crippen LogP contribution >= 0.6 is 0 Å². The summed E-state index contributed by atoms with van der Waals surface area (Å²) in [6, 6.07) is 8.50. The minimum absolute atomic E-state index is 0.188. The zero-order chi connectivity index (χ0) is 13.4. The van der Waals surface area contributed by atoms with E-state index >= 15 is 0 Å². The molecule has 2 aromatic rings. The highest BCUT2D eigenvalue weighted by molar-refractivity contribution is 5.88. The van der Waals surface area contributed by atoms with Crippen molar-refractivity contribution in [1.29, 1.82) is 5.26 Å². The van der Waals surface area contributed by atoms with Crippen LogP contribution in [0.4, 0.5) is 0 Å². The first-order valence-corrected chi connectivity index (χ1v) is 5.90. The topological polar surface area (TPSA) is 91.8 Å².